The van der Waals surface area contributed by atoms with Crippen LogP contribution in [0.5, 0.6) is 0 Å². The predicted octanol–water partition coefficient (Wildman–Crippen LogP) is 5.10. The van der Waals surface area contributed by atoms with Gasteiger partial charge in [0.1, 0.15) is 0 Å². The molecule has 142 valence electrons. The zero-order valence-electron chi connectivity index (χ0n) is 17.4. The molecule has 8 atom stereocenters. The zero-order chi connectivity index (χ0) is 18.1. The van der Waals surface area contributed by atoms with Crippen LogP contribution in [0.15, 0.2) is 0 Å². The van der Waals surface area contributed by atoms with Crippen LogP contribution in [0.4, 0.5) is 0 Å². The number of rotatable bonds is 5. The first-order chi connectivity index (χ1) is 11.7. The van der Waals surface area contributed by atoms with Gasteiger partial charge in [-0.3, -0.25) is 0 Å². The molecular formula is C22H40BNO. The minimum Gasteiger partial charge on any atom is -0.434 e. The lowest BCUT2D eigenvalue weighted by Crippen LogP contribution is -2.60. The molecule has 6 fully saturated rings. The maximum absolute atomic E-state index is 6.56. The van der Waals surface area contributed by atoms with Gasteiger partial charge in [0.2, 0.25) is 0 Å². The minimum atomic E-state index is 0.455. The Morgan fingerprint density at radius 3 is 1.60 bits per heavy atom. The molecule has 4 bridgehead atoms. The van der Waals surface area contributed by atoms with E-state index in [-0.39, 0.29) is 0 Å². The average molecular weight is 345 g/mol. The van der Waals surface area contributed by atoms with Crippen LogP contribution in [0.3, 0.4) is 0 Å². The third kappa shape index (κ3) is 2.51. The molecule has 2 nitrogen and oxygen atoms in total. The molecule has 2 N–H and O–H groups in total. The van der Waals surface area contributed by atoms with Gasteiger partial charge < -0.3 is 10.4 Å². The Kier molecular flexibility index (Phi) is 4.40. The van der Waals surface area contributed by atoms with E-state index in [1.807, 2.05) is 0 Å². The van der Waals surface area contributed by atoms with Gasteiger partial charge in [-0.1, -0.05) is 54.4 Å². The van der Waals surface area contributed by atoms with Gasteiger partial charge in [-0.15, -0.1) is 0 Å². The van der Waals surface area contributed by atoms with Crippen LogP contribution in [-0.2, 0) is 4.65 Å². The van der Waals surface area contributed by atoms with Crippen molar-refractivity contribution in [1.29, 1.82) is 0 Å². The van der Waals surface area contributed by atoms with Crippen molar-refractivity contribution in [2.24, 2.45) is 52.1 Å². The van der Waals surface area contributed by atoms with E-state index in [0.717, 1.165) is 53.7 Å². The highest BCUT2D eigenvalue weighted by molar-refractivity contribution is 6.55. The molecule has 0 aliphatic heterocycles. The predicted molar refractivity (Wildman–Crippen MR) is 107 cm³/mol. The standard InChI is InChI=1S/C22H40BNO/c1-13-17-9-15(21(17,3)4)11-19(13)23(25-8-7-24)20-12-16-10-18(14(20)2)22(16,5)6/h13-20H,7-12,24H2,1-6H3/t13-,14-,15+,16+,17-,18-,19-,20-/m1/s1. The van der Waals surface area contributed by atoms with Crippen molar-refractivity contribution in [1.82, 2.24) is 0 Å². The average Bonchev–Trinajstić information content (AvgIpc) is 2.56. The summed E-state index contributed by atoms with van der Waals surface area (Å²) in [5, 5.41) is 0. The second kappa shape index (κ2) is 5.99. The molecule has 6 aliphatic carbocycles. The summed E-state index contributed by atoms with van der Waals surface area (Å²) in [5.41, 5.74) is 6.97. The molecule has 6 rings (SSSR count). The first-order valence-corrected chi connectivity index (χ1v) is 11.0. The summed E-state index contributed by atoms with van der Waals surface area (Å²) >= 11 is 0. The molecule has 0 saturated heterocycles. The van der Waals surface area contributed by atoms with Crippen LogP contribution in [0.2, 0.25) is 11.6 Å². The summed E-state index contributed by atoms with van der Waals surface area (Å²) in [5.74, 6) is 6.80. The van der Waals surface area contributed by atoms with Crippen molar-refractivity contribution in [3.63, 3.8) is 0 Å². The first-order valence-electron chi connectivity index (χ1n) is 11.0. The van der Waals surface area contributed by atoms with Gasteiger partial charge in [-0.2, -0.15) is 0 Å². The monoisotopic (exact) mass is 345 g/mol. The van der Waals surface area contributed by atoms with E-state index in [9.17, 15) is 0 Å². The van der Waals surface area contributed by atoms with Gasteiger partial charge in [0, 0.05) is 13.2 Å². The molecule has 25 heavy (non-hydrogen) atoms. The summed E-state index contributed by atoms with van der Waals surface area (Å²) in [6, 6.07) is 0. The van der Waals surface area contributed by atoms with Gasteiger partial charge in [0.05, 0.1) is 0 Å². The molecule has 6 aliphatic rings. The molecule has 0 radical (unpaired) electrons. The fraction of sp³-hybridized carbons (Fsp3) is 1.00. The second-order valence-corrected chi connectivity index (χ2v) is 11.4. The molecule has 0 heterocycles. The van der Waals surface area contributed by atoms with Gasteiger partial charge >= 0.3 is 0 Å². The normalized spacial score (nSPS) is 49.1. The van der Waals surface area contributed by atoms with Crippen molar-refractivity contribution >= 4 is 6.92 Å². The second-order valence-electron chi connectivity index (χ2n) is 11.4. The maximum atomic E-state index is 6.56. The quantitative estimate of drug-likeness (QED) is 0.704. The summed E-state index contributed by atoms with van der Waals surface area (Å²) in [4.78, 5) is 0. The van der Waals surface area contributed by atoms with Gasteiger partial charge in [0.15, 0.2) is 0 Å². The highest BCUT2D eigenvalue weighted by atomic mass is 16.4. The minimum absolute atomic E-state index is 0.455. The number of fused-ring (bicyclic) bond motifs is 4. The lowest BCUT2D eigenvalue weighted by atomic mass is 9.27. The van der Waals surface area contributed by atoms with Crippen LogP contribution in [-0.4, -0.2) is 20.1 Å². The molecule has 6 saturated carbocycles. The highest BCUT2D eigenvalue weighted by Crippen LogP contribution is 2.69. The van der Waals surface area contributed by atoms with Crippen molar-refractivity contribution in [2.45, 2.75) is 78.9 Å². The van der Waals surface area contributed by atoms with E-state index in [4.69, 9.17) is 10.4 Å². The van der Waals surface area contributed by atoms with E-state index >= 15 is 0 Å². The van der Waals surface area contributed by atoms with Gasteiger partial charge in [0.25, 0.3) is 6.92 Å². The Balaban J connectivity index is 1.54. The smallest absolute Gasteiger partial charge is 0.299 e. The Bertz CT molecular complexity index is 476. The third-order valence-electron chi connectivity index (χ3n) is 10.1. The molecule has 3 heteroatoms. The lowest BCUT2D eigenvalue weighted by molar-refractivity contribution is -0.111. The Hall–Kier alpha value is -0.0151. The van der Waals surface area contributed by atoms with E-state index in [1.54, 1.807) is 0 Å². The van der Waals surface area contributed by atoms with Crippen molar-refractivity contribution in [3.8, 4) is 0 Å². The van der Waals surface area contributed by atoms with E-state index in [1.165, 1.54) is 25.7 Å². The van der Waals surface area contributed by atoms with E-state index < -0.39 is 0 Å². The Labute approximate surface area is 156 Å². The fourth-order valence-electron chi connectivity index (χ4n) is 8.02. The summed E-state index contributed by atoms with van der Waals surface area (Å²) in [6.07, 6.45) is 5.71. The molecule has 0 aromatic heterocycles. The summed E-state index contributed by atoms with van der Waals surface area (Å²) in [7, 11) is 0. The molecule has 0 aromatic carbocycles. The molecule has 0 unspecified atom stereocenters. The highest BCUT2D eigenvalue weighted by Gasteiger charge is 2.63. The van der Waals surface area contributed by atoms with Gasteiger partial charge in [-0.25, -0.2) is 0 Å². The van der Waals surface area contributed by atoms with E-state index in [0.29, 0.717) is 24.3 Å². The van der Waals surface area contributed by atoms with Crippen LogP contribution in [0.1, 0.15) is 67.2 Å². The van der Waals surface area contributed by atoms with Crippen LogP contribution in [0.25, 0.3) is 0 Å². The summed E-state index contributed by atoms with van der Waals surface area (Å²) in [6.45, 7) is 17.0. The van der Waals surface area contributed by atoms with Crippen LogP contribution in [0, 0.1) is 46.3 Å². The number of hydrogen-bond donors (Lipinski definition) is 1. The van der Waals surface area contributed by atoms with E-state index in [2.05, 4.69) is 41.5 Å². The number of nitrogens with two attached hydrogens (primary N) is 1. The topological polar surface area (TPSA) is 35.2 Å². The van der Waals surface area contributed by atoms with Crippen LogP contribution >= 0.6 is 0 Å². The van der Waals surface area contributed by atoms with Crippen LogP contribution < -0.4 is 5.73 Å². The van der Waals surface area contributed by atoms with Crippen molar-refractivity contribution in [3.05, 3.63) is 0 Å². The molecule has 0 amide bonds. The molecular weight excluding hydrogens is 305 g/mol. The Morgan fingerprint density at radius 1 is 0.840 bits per heavy atom. The maximum Gasteiger partial charge on any atom is 0.299 e. The SMILES string of the molecule is C[C@@H]1[C@H]2C[C@@H](C[C@H]1B(OCCN)[C@@H]1C[C@@H]3C[C@H]([C@H]1C)C3(C)C)C2(C)C. The fourth-order valence-corrected chi connectivity index (χ4v) is 8.02. The molecule has 0 aromatic rings. The zero-order valence-corrected chi connectivity index (χ0v) is 17.4. The largest absolute Gasteiger partial charge is 0.434 e. The van der Waals surface area contributed by atoms with Crippen molar-refractivity contribution in [2.75, 3.05) is 13.2 Å². The van der Waals surface area contributed by atoms with Crippen molar-refractivity contribution < 1.29 is 4.65 Å². The number of hydrogen-bond acceptors (Lipinski definition) is 2. The lowest BCUT2D eigenvalue weighted by Gasteiger charge is -2.66. The van der Waals surface area contributed by atoms with Gasteiger partial charge in [-0.05, 0) is 70.8 Å². The Morgan fingerprint density at radius 2 is 1.28 bits per heavy atom. The summed E-state index contributed by atoms with van der Waals surface area (Å²) < 4.78 is 6.56. The first kappa shape index (κ1) is 18.4. The molecule has 0 spiro atoms. The third-order valence-corrected chi connectivity index (χ3v) is 10.1.